The highest BCUT2D eigenvalue weighted by Crippen LogP contribution is 2.15. The minimum atomic E-state index is 0.307. The fourth-order valence-electron chi connectivity index (χ4n) is 2.04. The summed E-state index contributed by atoms with van der Waals surface area (Å²) < 4.78 is 5.58. The van der Waals surface area contributed by atoms with Crippen LogP contribution in [0.3, 0.4) is 0 Å². The van der Waals surface area contributed by atoms with E-state index < -0.39 is 0 Å². The third kappa shape index (κ3) is 2.83. The van der Waals surface area contributed by atoms with Crippen LogP contribution in [0.5, 0.6) is 0 Å². The highest BCUT2D eigenvalue weighted by atomic mass is 16.3. The molecule has 0 aliphatic carbocycles. The molecular formula is C12H20N2O. The molecule has 2 heterocycles. The van der Waals surface area contributed by atoms with Gasteiger partial charge in [-0.15, -0.1) is 0 Å². The van der Waals surface area contributed by atoms with E-state index in [9.17, 15) is 0 Å². The van der Waals surface area contributed by atoms with Crippen LogP contribution < -0.4 is 10.6 Å². The number of nitrogens with one attached hydrogen (secondary N) is 2. The van der Waals surface area contributed by atoms with Crippen molar-refractivity contribution in [3.8, 4) is 0 Å². The predicted octanol–water partition coefficient (Wildman–Crippen LogP) is 1.99. The first kappa shape index (κ1) is 10.7. The first-order valence-corrected chi connectivity index (χ1v) is 5.79. The lowest BCUT2D eigenvalue weighted by Crippen LogP contribution is -2.35. The van der Waals surface area contributed by atoms with Crippen molar-refractivity contribution in [2.45, 2.75) is 38.8 Å². The molecule has 3 nitrogen and oxygen atoms in total. The van der Waals surface area contributed by atoms with E-state index in [0.717, 1.165) is 18.1 Å². The molecule has 0 amide bonds. The van der Waals surface area contributed by atoms with Crippen molar-refractivity contribution in [1.29, 1.82) is 0 Å². The van der Waals surface area contributed by atoms with Gasteiger partial charge in [-0.05, 0) is 45.4 Å². The summed E-state index contributed by atoms with van der Waals surface area (Å²) >= 11 is 0. The summed E-state index contributed by atoms with van der Waals surface area (Å²) in [6, 6.07) is 5.01. The quantitative estimate of drug-likeness (QED) is 0.794. The second kappa shape index (κ2) is 4.81. The average molecular weight is 208 g/mol. The van der Waals surface area contributed by atoms with Crippen LogP contribution in [0, 0.1) is 6.92 Å². The van der Waals surface area contributed by atoms with Gasteiger partial charge in [0.25, 0.3) is 0 Å². The summed E-state index contributed by atoms with van der Waals surface area (Å²) in [4.78, 5) is 0. The summed E-state index contributed by atoms with van der Waals surface area (Å²) in [5, 5.41) is 6.97. The Balaban J connectivity index is 1.79. The van der Waals surface area contributed by atoms with E-state index in [0.29, 0.717) is 12.1 Å². The van der Waals surface area contributed by atoms with Crippen LogP contribution in [0.2, 0.25) is 0 Å². The van der Waals surface area contributed by atoms with Gasteiger partial charge in [-0.1, -0.05) is 0 Å². The van der Waals surface area contributed by atoms with Gasteiger partial charge in [-0.3, -0.25) is 0 Å². The van der Waals surface area contributed by atoms with Crippen molar-refractivity contribution in [3.05, 3.63) is 23.7 Å². The predicted molar refractivity (Wildman–Crippen MR) is 60.9 cm³/mol. The summed E-state index contributed by atoms with van der Waals surface area (Å²) in [6.07, 6.45) is 2.59. The Morgan fingerprint density at radius 2 is 2.47 bits per heavy atom. The summed E-state index contributed by atoms with van der Waals surface area (Å²) in [6.45, 7) is 6.32. The third-order valence-electron chi connectivity index (χ3n) is 3.02. The van der Waals surface area contributed by atoms with E-state index in [-0.39, 0.29) is 0 Å². The second-order valence-electron chi connectivity index (χ2n) is 4.37. The molecule has 84 valence electrons. The van der Waals surface area contributed by atoms with E-state index in [2.05, 4.69) is 23.6 Å². The number of hydrogen-bond acceptors (Lipinski definition) is 3. The van der Waals surface area contributed by atoms with Gasteiger partial charge < -0.3 is 15.1 Å². The molecule has 1 aliphatic heterocycles. The lowest BCUT2D eigenvalue weighted by Gasteiger charge is -2.15. The van der Waals surface area contributed by atoms with Gasteiger partial charge in [0.1, 0.15) is 11.5 Å². The Morgan fingerprint density at radius 1 is 1.60 bits per heavy atom. The number of furan rings is 1. The Morgan fingerprint density at radius 3 is 3.07 bits per heavy atom. The molecule has 1 aromatic rings. The van der Waals surface area contributed by atoms with Gasteiger partial charge in [0.2, 0.25) is 0 Å². The van der Waals surface area contributed by atoms with Crippen LogP contribution in [0.4, 0.5) is 0 Å². The van der Waals surface area contributed by atoms with E-state index in [1.165, 1.54) is 19.4 Å². The van der Waals surface area contributed by atoms with E-state index >= 15 is 0 Å². The molecule has 0 saturated carbocycles. The van der Waals surface area contributed by atoms with Gasteiger partial charge >= 0.3 is 0 Å². The summed E-state index contributed by atoms with van der Waals surface area (Å²) in [7, 11) is 0. The molecule has 15 heavy (non-hydrogen) atoms. The highest BCUT2D eigenvalue weighted by Gasteiger charge is 2.15. The van der Waals surface area contributed by atoms with Crippen molar-refractivity contribution in [2.75, 3.05) is 13.1 Å². The van der Waals surface area contributed by atoms with Gasteiger partial charge in [0.05, 0.1) is 6.04 Å². The van der Waals surface area contributed by atoms with Crippen molar-refractivity contribution in [3.63, 3.8) is 0 Å². The maximum Gasteiger partial charge on any atom is 0.120 e. The summed E-state index contributed by atoms with van der Waals surface area (Å²) in [5.41, 5.74) is 0. The largest absolute Gasteiger partial charge is 0.465 e. The van der Waals surface area contributed by atoms with Gasteiger partial charge in [0, 0.05) is 12.6 Å². The van der Waals surface area contributed by atoms with Crippen molar-refractivity contribution in [1.82, 2.24) is 10.6 Å². The van der Waals surface area contributed by atoms with Crippen molar-refractivity contribution < 1.29 is 4.42 Å². The molecule has 2 unspecified atom stereocenters. The highest BCUT2D eigenvalue weighted by molar-refractivity contribution is 5.08. The topological polar surface area (TPSA) is 37.2 Å². The molecule has 1 fully saturated rings. The van der Waals surface area contributed by atoms with Gasteiger partial charge in [-0.2, -0.15) is 0 Å². The maximum atomic E-state index is 5.58. The number of rotatable bonds is 4. The molecule has 2 rings (SSSR count). The Hall–Kier alpha value is -0.800. The maximum absolute atomic E-state index is 5.58. The smallest absolute Gasteiger partial charge is 0.120 e. The molecule has 1 aromatic heterocycles. The Bertz CT molecular complexity index is 302. The molecule has 1 saturated heterocycles. The minimum absolute atomic E-state index is 0.307. The van der Waals surface area contributed by atoms with Crippen LogP contribution in [0.1, 0.15) is 37.3 Å². The fourth-order valence-corrected chi connectivity index (χ4v) is 2.04. The second-order valence-corrected chi connectivity index (χ2v) is 4.37. The molecule has 2 N–H and O–H groups in total. The summed E-state index contributed by atoms with van der Waals surface area (Å²) in [5.74, 6) is 2.02. The average Bonchev–Trinajstić information content (AvgIpc) is 2.84. The zero-order valence-corrected chi connectivity index (χ0v) is 9.55. The standard InChI is InChI=1S/C12H20N2O/c1-9-5-6-12(15-9)10(2)14-8-11-4-3-7-13-11/h5-6,10-11,13-14H,3-4,7-8H2,1-2H3. The van der Waals surface area contributed by atoms with E-state index in [1.807, 2.05) is 13.0 Å². The van der Waals surface area contributed by atoms with Crippen molar-refractivity contribution in [2.24, 2.45) is 0 Å². The van der Waals surface area contributed by atoms with E-state index in [4.69, 9.17) is 4.42 Å². The van der Waals surface area contributed by atoms with Crippen LogP contribution in [0.25, 0.3) is 0 Å². The Kier molecular flexibility index (Phi) is 3.44. The SMILES string of the molecule is Cc1ccc(C(C)NCC2CCCN2)o1. The van der Waals surface area contributed by atoms with Crippen LogP contribution in [-0.2, 0) is 0 Å². The molecular weight excluding hydrogens is 188 g/mol. The van der Waals surface area contributed by atoms with Crippen molar-refractivity contribution >= 4 is 0 Å². The number of hydrogen-bond donors (Lipinski definition) is 2. The minimum Gasteiger partial charge on any atom is -0.465 e. The zero-order chi connectivity index (χ0) is 10.7. The monoisotopic (exact) mass is 208 g/mol. The van der Waals surface area contributed by atoms with Crippen LogP contribution in [0.15, 0.2) is 16.5 Å². The molecule has 0 aromatic carbocycles. The first-order chi connectivity index (χ1) is 7.25. The van der Waals surface area contributed by atoms with Crippen LogP contribution >= 0.6 is 0 Å². The first-order valence-electron chi connectivity index (χ1n) is 5.79. The lowest BCUT2D eigenvalue weighted by molar-refractivity contribution is 0.401. The third-order valence-corrected chi connectivity index (χ3v) is 3.02. The molecule has 0 radical (unpaired) electrons. The van der Waals surface area contributed by atoms with Gasteiger partial charge in [-0.25, -0.2) is 0 Å². The molecule has 3 heteroatoms. The Labute approximate surface area is 91.2 Å². The fraction of sp³-hybridized carbons (Fsp3) is 0.667. The zero-order valence-electron chi connectivity index (χ0n) is 9.55. The molecule has 1 aliphatic rings. The van der Waals surface area contributed by atoms with Crippen LogP contribution in [-0.4, -0.2) is 19.1 Å². The molecule has 0 bridgehead atoms. The van der Waals surface area contributed by atoms with E-state index in [1.54, 1.807) is 0 Å². The normalized spacial score (nSPS) is 23.2. The molecule has 0 spiro atoms. The molecule has 2 atom stereocenters. The number of aryl methyl sites for hydroxylation is 1. The lowest BCUT2D eigenvalue weighted by atomic mass is 10.2. The van der Waals surface area contributed by atoms with Gasteiger partial charge in [0.15, 0.2) is 0 Å².